The van der Waals surface area contributed by atoms with E-state index in [-0.39, 0.29) is 11.8 Å². The molecule has 35 heavy (non-hydrogen) atoms. The van der Waals surface area contributed by atoms with Crippen molar-refractivity contribution in [2.45, 2.75) is 16.3 Å². The molecule has 4 aromatic carbocycles. The first-order chi connectivity index (χ1) is 17.0. The van der Waals surface area contributed by atoms with Crippen molar-refractivity contribution in [1.82, 2.24) is 5.32 Å². The first-order valence-corrected chi connectivity index (χ1v) is 11.8. The Bertz CT molecular complexity index is 1450. The standard InChI is InChI=1S/C28H21N3O3S/c29-26(32)20-11-9-19(10-12-20)18-7-5-17(6-8-18)16-30-27(33)21-13-14-25-23(15-21)31-28(34)22-3-1-2-4-24(22)35-25/h1-15H,16H2,(H2,29,32)(H,30,33)(H,31,34). The lowest BCUT2D eigenvalue weighted by atomic mass is 10.0. The maximum absolute atomic E-state index is 12.8. The van der Waals surface area contributed by atoms with E-state index in [1.54, 1.807) is 30.3 Å². The number of hydrogen-bond acceptors (Lipinski definition) is 4. The van der Waals surface area contributed by atoms with Crippen molar-refractivity contribution in [2.24, 2.45) is 5.73 Å². The van der Waals surface area contributed by atoms with Gasteiger partial charge in [-0.25, -0.2) is 0 Å². The van der Waals surface area contributed by atoms with Crippen molar-refractivity contribution in [1.29, 1.82) is 0 Å². The second-order valence-corrected chi connectivity index (χ2v) is 9.17. The summed E-state index contributed by atoms with van der Waals surface area (Å²) in [5.74, 6) is -0.864. The number of nitrogens with two attached hydrogens (primary N) is 1. The summed E-state index contributed by atoms with van der Waals surface area (Å²) in [4.78, 5) is 38.4. The summed E-state index contributed by atoms with van der Waals surface area (Å²) in [6.07, 6.45) is 0. The minimum Gasteiger partial charge on any atom is -0.366 e. The van der Waals surface area contributed by atoms with Crippen molar-refractivity contribution >= 4 is 35.2 Å². The highest BCUT2D eigenvalue weighted by Crippen LogP contribution is 2.39. The summed E-state index contributed by atoms with van der Waals surface area (Å²) in [5.41, 5.74) is 10.4. The number of carbonyl (C=O) groups excluding carboxylic acids is 3. The minimum absolute atomic E-state index is 0.186. The SMILES string of the molecule is NC(=O)c1ccc(-c2ccc(CNC(=O)c3ccc4c(c3)NC(=O)c3ccccc3S4)cc2)cc1. The fraction of sp³-hybridized carbons (Fsp3) is 0.0357. The smallest absolute Gasteiger partial charge is 0.256 e. The first kappa shape index (κ1) is 22.4. The molecule has 1 aliphatic heterocycles. The molecule has 0 fully saturated rings. The molecule has 0 radical (unpaired) electrons. The summed E-state index contributed by atoms with van der Waals surface area (Å²) in [6, 6.07) is 27.7. The Balaban J connectivity index is 1.25. The Hall–Kier alpha value is -4.36. The van der Waals surface area contributed by atoms with Crippen LogP contribution in [0.2, 0.25) is 0 Å². The molecule has 0 saturated carbocycles. The molecule has 0 aliphatic carbocycles. The van der Waals surface area contributed by atoms with Crippen LogP contribution in [0.1, 0.15) is 36.6 Å². The van der Waals surface area contributed by atoms with Gasteiger partial charge in [-0.15, -0.1) is 0 Å². The van der Waals surface area contributed by atoms with Crippen LogP contribution < -0.4 is 16.4 Å². The van der Waals surface area contributed by atoms with Crippen LogP contribution in [0.15, 0.2) is 101 Å². The van der Waals surface area contributed by atoms with Crippen LogP contribution >= 0.6 is 11.8 Å². The van der Waals surface area contributed by atoms with E-state index in [1.165, 1.54) is 11.8 Å². The molecular weight excluding hydrogens is 458 g/mol. The molecule has 7 heteroatoms. The van der Waals surface area contributed by atoms with Gasteiger partial charge in [-0.3, -0.25) is 14.4 Å². The normalized spacial score (nSPS) is 12.1. The van der Waals surface area contributed by atoms with E-state index in [1.807, 2.05) is 60.7 Å². The zero-order valence-electron chi connectivity index (χ0n) is 18.6. The van der Waals surface area contributed by atoms with Gasteiger partial charge in [0.2, 0.25) is 5.91 Å². The molecule has 4 N–H and O–H groups in total. The summed E-state index contributed by atoms with van der Waals surface area (Å²) in [6.45, 7) is 0.364. The molecule has 6 nitrogen and oxygen atoms in total. The highest BCUT2D eigenvalue weighted by molar-refractivity contribution is 7.99. The largest absolute Gasteiger partial charge is 0.366 e. The Morgan fingerprint density at radius 2 is 1.46 bits per heavy atom. The molecule has 0 aromatic heterocycles. The number of anilines is 1. The number of hydrogen-bond donors (Lipinski definition) is 3. The van der Waals surface area contributed by atoms with E-state index >= 15 is 0 Å². The zero-order chi connectivity index (χ0) is 24.4. The number of rotatable bonds is 5. The lowest BCUT2D eigenvalue weighted by Gasteiger charge is -2.10. The molecular formula is C28H21N3O3S. The molecule has 5 rings (SSSR count). The molecule has 0 unspecified atom stereocenters. The van der Waals surface area contributed by atoms with Crippen LogP contribution in [0.4, 0.5) is 5.69 Å². The van der Waals surface area contributed by atoms with Crippen LogP contribution in [0.5, 0.6) is 0 Å². The van der Waals surface area contributed by atoms with Gasteiger partial charge in [-0.2, -0.15) is 0 Å². The zero-order valence-corrected chi connectivity index (χ0v) is 19.4. The molecule has 0 saturated heterocycles. The van der Waals surface area contributed by atoms with Crippen molar-refractivity contribution in [3.8, 4) is 11.1 Å². The quantitative estimate of drug-likeness (QED) is 0.371. The third-order valence-corrected chi connectivity index (χ3v) is 6.90. The molecule has 0 atom stereocenters. The van der Waals surface area contributed by atoms with Gasteiger partial charge in [0.1, 0.15) is 0 Å². The van der Waals surface area contributed by atoms with E-state index in [2.05, 4.69) is 10.6 Å². The number of primary amides is 1. The lowest BCUT2D eigenvalue weighted by Crippen LogP contribution is -2.23. The topological polar surface area (TPSA) is 101 Å². The van der Waals surface area contributed by atoms with Gasteiger partial charge in [-0.05, 0) is 59.2 Å². The number of benzene rings is 4. The van der Waals surface area contributed by atoms with Crippen molar-refractivity contribution in [2.75, 3.05) is 5.32 Å². The van der Waals surface area contributed by atoms with E-state index < -0.39 is 5.91 Å². The predicted octanol–water partition coefficient (Wildman–Crippen LogP) is 5.10. The first-order valence-electron chi connectivity index (χ1n) is 11.0. The average molecular weight is 480 g/mol. The molecule has 172 valence electrons. The molecule has 1 aliphatic rings. The van der Waals surface area contributed by atoms with Gasteiger partial charge < -0.3 is 16.4 Å². The summed E-state index contributed by atoms with van der Waals surface area (Å²) >= 11 is 1.50. The molecule has 1 heterocycles. The van der Waals surface area contributed by atoms with Gasteiger partial charge in [0.15, 0.2) is 0 Å². The van der Waals surface area contributed by atoms with Gasteiger partial charge >= 0.3 is 0 Å². The Kier molecular flexibility index (Phi) is 6.08. The van der Waals surface area contributed by atoms with Crippen molar-refractivity contribution in [3.63, 3.8) is 0 Å². The van der Waals surface area contributed by atoms with Crippen molar-refractivity contribution in [3.05, 3.63) is 113 Å². The summed E-state index contributed by atoms with van der Waals surface area (Å²) in [5, 5.41) is 5.85. The van der Waals surface area contributed by atoms with E-state index in [9.17, 15) is 14.4 Å². The van der Waals surface area contributed by atoms with Gasteiger partial charge in [-0.1, -0.05) is 60.3 Å². The molecule has 0 spiro atoms. The fourth-order valence-corrected chi connectivity index (χ4v) is 4.85. The maximum Gasteiger partial charge on any atom is 0.256 e. The average Bonchev–Trinajstić information content (AvgIpc) is 3.03. The Morgan fingerprint density at radius 1 is 0.800 bits per heavy atom. The Labute approximate surface area is 206 Å². The molecule has 4 aromatic rings. The van der Waals surface area contributed by atoms with Gasteiger partial charge in [0, 0.05) is 27.5 Å². The highest BCUT2D eigenvalue weighted by atomic mass is 32.2. The van der Waals surface area contributed by atoms with E-state index in [0.717, 1.165) is 26.5 Å². The summed E-state index contributed by atoms with van der Waals surface area (Å²) in [7, 11) is 0. The number of carbonyl (C=O) groups is 3. The second kappa shape index (κ2) is 9.48. The maximum atomic E-state index is 12.8. The molecule has 0 bridgehead atoms. The van der Waals surface area contributed by atoms with Crippen LogP contribution in [-0.4, -0.2) is 17.7 Å². The Morgan fingerprint density at radius 3 is 2.17 bits per heavy atom. The van der Waals surface area contributed by atoms with Gasteiger partial charge in [0.25, 0.3) is 11.8 Å². The number of nitrogens with one attached hydrogen (secondary N) is 2. The van der Waals surface area contributed by atoms with Crippen molar-refractivity contribution < 1.29 is 14.4 Å². The monoisotopic (exact) mass is 479 g/mol. The number of fused-ring (bicyclic) bond motifs is 2. The second-order valence-electron chi connectivity index (χ2n) is 8.08. The van der Waals surface area contributed by atoms with Gasteiger partial charge in [0.05, 0.1) is 11.3 Å². The van der Waals surface area contributed by atoms with E-state index in [4.69, 9.17) is 5.73 Å². The molecule has 3 amide bonds. The third-order valence-electron chi connectivity index (χ3n) is 5.75. The van der Waals surface area contributed by atoms with E-state index in [0.29, 0.717) is 28.9 Å². The lowest BCUT2D eigenvalue weighted by molar-refractivity contribution is 0.0948. The van der Waals surface area contributed by atoms with Crippen LogP contribution in [0.25, 0.3) is 11.1 Å². The van der Waals surface area contributed by atoms with Crippen LogP contribution in [0, 0.1) is 0 Å². The van der Waals surface area contributed by atoms with Crippen LogP contribution in [0.3, 0.4) is 0 Å². The summed E-state index contributed by atoms with van der Waals surface area (Å²) < 4.78 is 0. The third kappa shape index (κ3) is 4.81. The fourth-order valence-electron chi connectivity index (χ4n) is 3.84. The predicted molar refractivity (Wildman–Crippen MR) is 137 cm³/mol. The minimum atomic E-state index is -0.455. The highest BCUT2D eigenvalue weighted by Gasteiger charge is 2.20. The number of amides is 3. The van der Waals surface area contributed by atoms with Crippen LogP contribution in [-0.2, 0) is 6.54 Å².